The van der Waals surface area contributed by atoms with Crippen LogP contribution in [-0.4, -0.2) is 10.9 Å². The summed E-state index contributed by atoms with van der Waals surface area (Å²) in [5.74, 6) is -0.271. The normalized spacial score (nSPS) is 10.3. The van der Waals surface area contributed by atoms with Crippen LogP contribution in [0, 0.1) is 11.3 Å². The first-order valence-corrected chi connectivity index (χ1v) is 7.58. The number of rotatable bonds is 3. The van der Waals surface area contributed by atoms with Crippen molar-refractivity contribution in [3.05, 3.63) is 75.6 Å². The molecule has 0 aliphatic rings. The van der Waals surface area contributed by atoms with E-state index < -0.39 is 0 Å². The van der Waals surface area contributed by atoms with Crippen LogP contribution in [0.25, 0.3) is 10.9 Å². The number of carbonyl (C=O) groups excluding carboxylic acids is 1. The molecule has 2 aromatic carbocycles. The zero-order valence-electron chi connectivity index (χ0n) is 13.1. The molecule has 2 N–H and O–H groups in total. The van der Waals surface area contributed by atoms with Crippen LogP contribution in [0.5, 0.6) is 0 Å². The molecule has 1 aromatic heterocycles. The third-order valence-corrected chi connectivity index (χ3v) is 3.84. The lowest BCUT2D eigenvalue weighted by molar-refractivity contribution is 0.102. The molecule has 1 heterocycles. The lowest BCUT2D eigenvalue weighted by Gasteiger charge is -2.08. The number of aromatic amines is 1. The van der Waals surface area contributed by atoms with E-state index >= 15 is 0 Å². The van der Waals surface area contributed by atoms with Crippen molar-refractivity contribution in [3.63, 3.8) is 0 Å². The van der Waals surface area contributed by atoms with E-state index in [1.165, 1.54) is 0 Å². The van der Waals surface area contributed by atoms with Crippen LogP contribution < -0.4 is 10.9 Å². The SMILES string of the molecule is CCc1cc(=O)[nH]c2cc(NC(=O)c3ccc(C#N)cc3)ccc12. The summed E-state index contributed by atoms with van der Waals surface area (Å²) in [7, 11) is 0. The van der Waals surface area contributed by atoms with Crippen LogP contribution >= 0.6 is 0 Å². The van der Waals surface area contributed by atoms with Crippen molar-refractivity contribution in [1.29, 1.82) is 5.26 Å². The van der Waals surface area contributed by atoms with Gasteiger partial charge >= 0.3 is 0 Å². The Bertz CT molecular complexity index is 1010. The number of hydrogen-bond acceptors (Lipinski definition) is 3. The van der Waals surface area contributed by atoms with E-state index in [0.29, 0.717) is 22.3 Å². The predicted octanol–water partition coefficient (Wildman–Crippen LogP) is 3.21. The highest BCUT2D eigenvalue weighted by atomic mass is 16.1. The molecule has 0 bridgehead atoms. The smallest absolute Gasteiger partial charge is 0.255 e. The Hall–Kier alpha value is -3.39. The summed E-state index contributed by atoms with van der Waals surface area (Å²) in [6.45, 7) is 1.99. The number of fused-ring (bicyclic) bond motifs is 1. The molecule has 0 atom stereocenters. The summed E-state index contributed by atoms with van der Waals surface area (Å²) in [6, 6.07) is 15.5. The summed E-state index contributed by atoms with van der Waals surface area (Å²) in [4.78, 5) is 26.8. The third-order valence-electron chi connectivity index (χ3n) is 3.84. The molecule has 0 aliphatic carbocycles. The second kappa shape index (κ2) is 6.39. The van der Waals surface area contributed by atoms with Gasteiger partial charge in [-0.25, -0.2) is 0 Å². The Balaban J connectivity index is 1.91. The highest BCUT2D eigenvalue weighted by Gasteiger charge is 2.08. The van der Waals surface area contributed by atoms with Gasteiger partial charge in [0.25, 0.3) is 5.91 Å². The van der Waals surface area contributed by atoms with Gasteiger partial charge in [0.1, 0.15) is 0 Å². The fourth-order valence-electron chi connectivity index (χ4n) is 2.60. The van der Waals surface area contributed by atoms with Gasteiger partial charge in [-0.15, -0.1) is 0 Å². The number of nitriles is 1. The van der Waals surface area contributed by atoms with Gasteiger partial charge in [0.2, 0.25) is 5.56 Å². The number of pyridine rings is 1. The molecule has 118 valence electrons. The molecular weight excluding hydrogens is 302 g/mol. The molecule has 0 saturated heterocycles. The predicted molar refractivity (Wildman–Crippen MR) is 93.1 cm³/mol. The first-order chi connectivity index (χ1) is 11.6. The first kappa shape index (κ1) is 15.5. The molecule has 5 nitrogen and oxygen atoms in total. The van der Waals surface area contributed by atoms with Crippen LogP contribution in [0.15, 0.2) is 53.3 Å². The molecule has 1 amide bonds. The van der Waals surface area contributed by atoms with Crippen LogP contribution in [0.4, 0.5) is 5.69 Å². The molecule has 0 aliphatic heterocycles. The van der Waals surface area contributed by atoms with Crippen molar-refractivity contribution in [2.45, 2.75) is 13.3 Å². The van der Waals surface area contributed by atoms with Crippen molar-refractivity contribution < 1.29 is 4.79 Å². The summed E-state index contributed by atoms with van der Waals surface area (Å²) in [6.07, 6.45) is 0.761. The van der Waals surface area contributed by atoms with Gasteiger partial charge in [0.15, 0.2) is 0 Å². The Morgan fingerprint density at radius 3 is 2.58 bits per heavy atom. The maximum Gasteiger partial charge on any atom is 0.255 e. The highest BCUT2D eigenvalue weighted by molar-refractivity contribution is 6.05. The summed E-state index contributed by atoms with van der Waals surface area (Å²) in [5.41, 5.74) is 3.07. The molecule has 0 saturated carbocycles. The molecule has 0 radical (unpaired) electrons. The zero-order chi connectivity index (χ0) is 17.1. The zero-order valence-corrected chi connectivity index (χ0v) is 13.1. The summed E-state index contributed by atoms with van der Waals surface area (Å²) in [5, 5.41) is 12.6. The second-order valence-electron chi connectivity index (χ2n) is 5.42. The second-order valence-corrected chi connectivity index (χ2v) is 5.42. The van der Waals surface area contributed by atoms with Gasteiger partial charge in [0, 0.05) is 22.7 Å². The third kappa shape index (κ3) is 3.03. The van der Waals surface area contributed by atoms with Crippen LogP contribution in [-0.2, 0) is 6.42 Å². The van der Waals surface area contributed by atoms with Gasteiger partial charge < -0.3 is 10.3 Å². The van der Waals surface area contributed by atoms with E-state index in [2.05, 4.69) is 10.3 Å². The molecule has 0 unspecified atom stereocenters. The Morgan fingerprint density at radius 2 is 1.92 bits per heavy atom. The van der Waals surface area contributed by atoms with Crippen LogP contribution in [0.1, 0.15) is 28.4 Å². The van der Waals surface area contributed by atoms with Gasteiger partial charge in [-0.3, -0.25) is 9.59 Å². The Kier molecular flexibility index (Phi) is 4.13. The lowest BCUT2D eigenvalue weighted by Crippen LogP contribution is -2.12. The maximum atomic E-state index is 12.3. The monoisotopic (exact) mass is 317 g/mol. The number of nitrogens with zero attached hydrogens (tertiary/aromatic N) is 1. The topological polar surface area (TPSA) is 85.8 Å². The summed E-state index contributed by atoms with van der Waals surface area (Å²) >= 11 is 0. The van der Waals surface area contributed by atoms with E-state index in [4.69, 9.17) is 5.26 Å². The molecule has 3 rings (SSSR count). The number of carbonyl (C=O) groups is 1. The largest absolute Gasteiger partial charge is 0.322 e. The number of amides is 1. The molecule has 0 fully saturated rings. The molecule has 3 aromatic rings. The van der Waals surface area contributed by atoms with Gasteiger partial charge in [-0.2, -0.15) is 5.26 Å². The van der Waals surface area contributed by atoms with Crippen molar-refractivity contribution in [3.8, 4) is 6.07 Å². The Labute approximate surface area is 138 Å². The van der Waals surface area contributed by atoms with Crippen molar-refractivity contribution in [1.82, 2.24) is 4.98 Å². The van der Waals surface area contributed by atoms with Gasteiger partial charge in [-0.1, -0.05) is 13.0 Å². The van der Waals surface area contributed by atoms with E-state index in [1.54, 1.807) is 42.5 Å². The number of nitrogens with one attached hydrogen (secondary N) is 2. The minimum absolute atomic E-state index is 0.157. The highest BCUT2D eigenvalue weighted by Crippen LogP contribution is 2.20. The van der Waals surface area contributed by atoms with Crippen LogP contribution in [0.3, 0.4) is 0 Å². The molecule has 5 heteroatoms. The lowest BCUT2D eigenvalue weighted by atomic mass is 10.1. The minimum Gasteiger partial charge on any atom is -0.322 e. The minimum atomic E-state index is -0.271. The standard InChI is InChI=1S/C19H15N3O2/c1-2-13-9-18(23)22-17-10-15(7-8-16(13)17)21-19(24)14-5-3-12(11-20)4-6-14/h3-10H,2H2,1H3,(H,21,24)(H,22,23). The molecule has 24 heavy (non-hydrogen) atoms. The molecule has 0 spiro atoms. The number of anilines is 1. The maximum absolute atomic E-state index is 12.3. The number of benzene rings is 2. The number of hydrogen-bond donors (Lipinski definition) is 2. The van der Waals surface area contributed by atoms with E-state index in [0.717, 1.165) is 17.4 Å². The Morgan fingerprint density at radius 1 is 1.17 bits per heavy atom. The van der Waals surface area contributed by atoms with Crippen molar-refractivity contribution in [2.75, 3.05) is 5.32 Å². The van der Waals surface area contributed by atoms with E-state index in [-0.39, 0.29) is 11.5 Å². The number of aromatic nitrogens is 1. The van der Waals surface area contributed by atoms with Crippen molar-refractivity contribution >= 4 is 22.5 Å². The number of aryl methyl sites for hydroxylation is 1. The average molecular weight is 317 g/mol. The van der Waals surface area contributed by atoms with E-state index in [9.17, 15) is 9.59 Å². The average Bonchev–Trinajstić information content (AvgIpc) is 2.60. The number of H-pyrrole nitrogens is 1. The van der Waals surface area contributed by atoms with Crippen molar-refractivity contribution in [2.24, 2.45) is 0 Å². The van der Waals surface area contributed by atoms with Gasteiger partial charge in [0.05, 0.1) is 17.1 Å². The fourth-order valence-corrected chi connectivity index (χ4v) is 2.60. The summed E-state index contributed by atoms with van der Waals surface area (Å²) < 4.78 is 0. The van der Waals surface area contributed by atoms with Gasteiger partial charge in [-0.05, 0) is 48.4 Å². The first-order valence-electron chi connectivity index (χ1n) is 7.58. The molecular formula is C19H15N3O2. The fraction of sp³-hybridized carbons (Fsp3) is 0.105. The van der Waals surface area contributed by atoms with Crippen LogP contribution in [0.2, 0.25) is 0 Å². The van der Waals surface area contributed by atoms with E-state index in [1.807, 2.05) is 19.1 Å². The quantitative estimate of drug-likeness (QED) is 0.777.